The van der Waals surface area contributed by atoms with E-state index in [-0.39, 0.29) is 0 Å². The van der Waals surface area contributed by atoms with Crippen molar-refractivity contribution < 1.29 is 5.11 Å². The second kappa shape index (κ2) is 3.78. The lowest BCUT2D eigenvalue weighted by molar-refractivity contribution is 0.204. The number of aryl methyl sites for hydroxylation is 2. The van der Waals surface area contributed by atoms with E-state index in [0.29, 0.717) is 11.4 Å². The molecule has 78 valence electrons. The highest BCUT2D eigenvalue weighted by molar-refractivity contribution is 5.19. The lowest BCUT2D eigenvalue weighted by Crippen LogP contribution is -2.08. The van der Waals surface area contributed by atoms with E-state index in [1.165, 1.54) is 10.9 Å². The maximum Gasteiger partial charge on any atom is 0.139 e. The molecular weight excluding hydrogens is 192 g/mol. The fourth-order valence-electron chi connectivity index (χ4n) is 1.41. The first kappa shape index (κ1) is 9.79. The van der Waals surface area contributed by atoms with Crippen molar-refractivity contribution in [3.05, 3.63) is 41.5 Å². The fraction of sp³-hybridized carbons (Fsp3) is 0.300. The van der Waals surface area contributed by atoms with Crippen molar-refractivity contribution >= 4 is 0 Å². The summed E-state index contributed by atoms with van der Waals surface area (Å²) >= 11 is 0. The summed E-state index contributed by atoms with van der Waals surface area (Å²) in [5.41, 5.74) is 2.12. The van der Waals surface area contributed by atoms with Crippen molar-refractivity contribution in [2.45, 2.75) is 13.0 Å². The van der Waals surface area contributed by atoms with Crippen molar-refractivity contribution in [1.82, 2.24) is 20.0 Å². The largest absolute Gasteiger partial charge is 0.380 e. The van der Waals surface area contributed by atoms with E-state index in [2.05, 4.69) is 15.3 Å². The molecule has 1 N–H and O–H groups in total. The highest BCUT2D eigenvalue weighted by Crippen LogP contribution is 2.18. The smallest absolute Gasteiger partial charge is 0.139 e. The number of hydrogen-bond acceptors (Lipinski definition) is 4. The Labute approximate surface area is 87.4 Å². The van der Waals surface area contributed by atoms with E-state index in [9.17, 15) is 5.11 Å². The average molecular weight is 204 g/mol. The summed E-state index contributed by atoms with van der Waals surface area (Å²) in [7, 11) is 1.74. The number of rotatable bonds is 2. The van der Waals surface area contributed by atoms with Gasteiger partial charge in [0, 0.05) is 12.7 Å². The first-order valence-corrected chi connectivity index (χ1v) is 4.64. The van der Waals surface area contributed by atoms with Crippen LogP contribution < -0.4 is 0 Å². The Balaban J connectivity index is 2.36. The topological polar surface area (TPSA) is 63.8 Å². The second-order valence-electron chi connectivity index (χ2n) is 3.39. The molecule has 0 amide bonds. The van der Waals surface area contributed by atoms with E-state index < -0.39 is 6.10 Å². The molecule has 1 unspecified atom stereocenters. The molecule has 0 saturated carbocycles. The normalized spacial score (nSPS) is 12.7. The van der Waals surface area contributed by atoms with Gasteiger partial charge in [-0.05, 0) is 19.1 Å². The monoisotopic (exact) mass is 204 g/mol. The molecule has 2 rings (SSSR count). The van der Waals surface area contributed by atoms with Gasteiger partial charge >= 0.3 is 0 Å². The molecule has 0 radical (unpaired) electrons. The predicted molar refractivity (Wildman–Crippen MR) is 54.0 cm³/mol. The van der Waals surface area contributed by atoms with Crippen LogP contribution in [0.5, 0.6) is 0 Å². The molecule has 1 atom stereocenters. The van der Waals surface area contributed by atoms with Crippen LogP contribution in [0, 0.1) is 6.92 Å². The number of nitrogens with zero attached hydrogens (tertiary/aromatic N) is 4. The Morgan fingerprint density at radius 2 is 2.20 bits per heavy atom. The summed E-state index contributed by atoms with van der Waals surface area (Å²) in [4.78, 5) is 4.25. The lowest BCUT2D eigenvalue weighted by Gasteiger charge is -2.09. The Kier molecular flexibility index (Phi) is 2.47. The third-order valence-electron chi connectivity index (χ3n) is 2.22. The van der Waals surface area contributed by atoms with Gasteiger partial charge in [0.05, 0.1) is 17.6 Å². The molecule has 2 heterocycles. The van der Waals surface area contributed by atoms with E-state index in [1.807, 2.05) is 19.1 Å². The zero-order valence-electron chi connectivity index (χ0n) is 8.62. The number of aliphatic hydroxyl groups excluding tert-OH is 1. The van der Waals surface area contributed by atoms with E-state index in [1.54, 1.807) is 13.1 Å². The van der Waals surface area contributed by atoms with Gasteiger partial charge in [0.25, 0.3) is 0 Å². The van der Waals surface area contributed by atoms with Gasteiger partial charge < -0.3 is 5.11 Å². The van der Waals surface area contributed by atoms with Gasteiger partial charge in [-0.3, -0.25) is 4.98 Å². The standard InChI is InChI=1S/C10H12N4O/c1-7-4-3-5-8(12-7)10(15)9-6-11-13-14(9)2/h3-6,10,15H,1-2H3. The summed E-state index contributed by atoms with van der Waals surface area (Å²) in [6, 6.07) is 5.53. The van der Waals surface area contributed by atoms with Crippen LogP contribution in [-0.4, -0.2) is 25.1 Å². The molecule has 5 heteroatoms. The fourth-order valence-corrected chi connectivity index (χ4v) is 1.41. The zero-order chi connectivity index (χ0) is 10.8. The molecule has 0 aromatic carbocycles. The third-order valence-corrected chi connectivity index (χ3v) is 2.22. The highest BCUT2D eigenvalue weighted by atomic mass is 16.3. The van der Waals surface area contributed by atoms with Gasteiger partial charge in [-0.25, -0.2) is 4.68 Å². The molecule has 0 aliphatic carbocycles. The molecule has 0 fully saturated rings. The molecular formula is C10H12N4O. The van der Waals surface area contributed by atoms with Crippen molar-refractivity contribution in [1.29, 1.82) is 0 Å². The van der Waals surface area contributed by atoms with Crippen LogP contribution >= 0.6 is 0 Å². The average Bonchev–Trinajstić information content (AvgIpc) is 2.63. The van der Waals surface area contributed by atoms with Crippen LogP contribution in [0.1, 0.15) is 23.2 Å². The molecule has 0 aliphatic rings. The first-order chi connectivity index (χ1) is 7.18. The minimum Gasteiger partial charge on any atom is -0.380 e. The molecule has 2 aromatic rings. The Morgan fingerprint density at radius 3 is 2.80 bits per heavy atom. The Bertz CT molecular complexity index is 466. The number of aliphatic hydroxyl groups is 1. The summed E-state index contributed by atoms with van der Waals surface area (Å²) in [6.45, 7) is 1.89. The van der Waals surface area contributed by atoms with Crippen LogP contribution in [0.25, 0.3) is 0 Å². The minimum absolute atomic E-state index is 0.611. The first-order valence-electron chi connectivity index (χ1n) is 4.64. The van der Waals surface area contributed by atoms with Crippen LogP contribution in [0.3, 0.4) is 0 Å². The molecule has 15 heavy (non-hydrogen) atoms. The molecule has 2 aromatic heterocycles. The summed E-state index contributed by atoms with van der Waals surface area (Å²) in [6.07, 6.45) is 0.763. The van der Waals surface area contributed by atoms with Crippen molar-refractivity contribution in [3.63, 3.8) is 0 Å². The van der Waals surface area contributed by atoms with Crippen LogP contribution in [0.2, 0.25) is 0 Å². The van der Waals surface area contributed by atoms with Crippen LogP contribution in [0.4, 0.5) is 0 Å². The van der Waals surface area contributed by atoms with Crippen LogP contribution in [-0.2, 0) is 7.05 Å². The van der Waals surface area contributed by atoms with Gasteiger partial charge in [0.15, 0.2) is 0 Å². The lowest BCUT2D eigenvalue weighted by atomic mass is 10.1. The quantitative estimate of drug-likeness (QED) is 0.778. The maximum atomic E-state index is 10.0. The van der Waals surface area contributed by atoms with Crippen molar-refractivity contribution in [2.24, 2.45) is 7.05 Å². The van der Waals surface area contributed by atoms with Gasteiger partial charge in [-0.2, -0.15) is 0 Å². The number of aromatic nitrogens is 4. The molecule has 0 saturated heterocycles. The van der Waals surface area contributed by atoms with Crippen molar-refractivity contribution in [3.8, 4) is 0 Å². The maximum absolute atomic E-state index is 10.0. The van der Waals surface area contributed by atoms with Gasteiger partial charge in [0.2, 0.25) is 0 Å². The summed E-state index contributed by atoms with van der Waals surface area (Å²) < 4.78 is 1.54. The molecule has 0 bridgehead atoms. The highest BCUT2D eigenvalue weighted by Gasteiger charge is 2.15. The van der Waals surface area contributed by atoms with Gasteiger partial charge in [0.1, 0.15) is 6.10 Å². The molecule has 0 aliphatic heterocycles. The van der Waals surface area contributed by atoms with E-state index in [0.717, 1.165) is 5.69 Å². The molecule has 0 spiro atoms. The predicted octanol–water partition coefficient (Wildman–Crippen LogP) is 0.600. The zero-order valence-corrected chi connectivity index (χ0v) is 8.62. The Morgan fingerprint density at radius 1 is 1.40 bits per heavy atom. The van der Waals surface area contributed by atoms with Gasteiger partial charge in [-0.1, -0.05) is 11.3 Å². The Hall–Kier alpha value is -1.75. The number of hydrogen-bond donors (Lipinski definition) is 1. The van der Waals surface area contributed by atoms with Crippen LogP contribution in [0.15, 0.2) is 24.4 Å². The van der Waals surface area contributed by atoms with E-state index >= 15 is 0 Å². The number of pyridine rings is 1. The summed E-state index contributed by atoms with van der Waals surface area (Å²) in [5.74, 6) is 0. The second-order valence-corrected chi connectivity index (χ2v) is 3.39. The van der Waals surface area contributed by atoms with Gasteiger partial charge in [-0.15, -0.1) is 5.10 Å². The van der Waals surface area contributed by atoms with E-state index in [4.69, 9.17) is 0 Å². The minimum atomic E-state index is -0.773. The summed E-state index contributed by atoms with van der Waals surface area (Å²) in [5, 5.41) is 17.5. The third kappa shape index (κ3) is 1.87. The SMILES string of the molecule is Cc1cccc(C(O)c2cnnn2C)n1. The molecule has 5 nitrogen and oxygen atoms in total. The van der Waals surface area contributed by atoms with Crippen molar-refractivity contribution in [2.75, 3.05) is 0 Å².